The molecule has 1 saturated heterocycles. The summed E-state index contributed by atoms with van der Waals surface area (Å²) in [6, 6.07) is 10.3. The summed E-state index contributed by atoms with van der Waals surface area (Å²) in [6.07, 6.45) is 5.38. The van der Waals surface area contributed by atoms with Crippen molar-refractivity contribution in [2.24, 2.45) is 0 Å². The molecule has 0 aromatic heterocycles. The van der Waals surface area contributed by atoms with Crippen molar-refractivity contribution in [3.05, 3.63) is 35.9 Å². The molecule has 1 aliphatic heterocycles. The molecular weight excluding hydrogens is 240 g/mol. The number of benzene rings is 1. The van der Waals surface area contributed by atoms with Gasteiger partial charge >= 0.3 is 0 Å². The summed E-state index contributed by atoms with van der Waals surface area (Å²) in [6.45, 7) is 2.42. The van der Waals surface area contributed by atoms with E-state index >= 15 is 0 Å². The summed E-state index contributed by atoms with van der Waals surface area (Å²) in [5.74, 6) is 0. The Balaban J connectivity index is 1.32. The Labute approximate surface area is 114 Å². The highest BCUT2D eigenvalue weighted by atomic mass is 16.5. The van der Waals surface area contributed by atoms with Crippen LogP contribution in [0.15, 0.2) is 30.3 Å². The maximum absolute atomic E-state index is 6.05. The van der Waals surface area contributed by atoms with E-state index in [9.17, 15) is 0 Å². The molecule has 0 spiro atoms. The van der Waals surface area contributed by atoms with Crippen molar-refractivity contribution in [1.29, 1.82) is 0 Å². The molecule has 1 aromatic carbocycles. The number of rotatable bonds is 5. The van der Waals surface area contributed by atoms with E-state index in [1.54, 1.807) is 0 Å². The van der Waals surface area contributed by atoms with Gasteiger partial charge in [0.15, 0.2) is 0 Å². The van der Waals surface area contributed by atoms with Gasteiger partial charge in [0.25, 0.3) is 0 Å². The fourth-order valence-electron chi connectivity index (χ4n) is 2.64. The van der Waals surface area contributed by atoms with Crippen molar-refractivity contribution < 1.29 is 14.2 Å². The zero-order valence-electron chi connectivity index (χ0n) is 11.3. The van der Waals surface area contributed by atoms with Crippen LogP contribution in [-0.2, 0) is 20.8 Å². The summed E-state index contributed by atoms with van der Waals surface area (Å²) in [5.41, 5.74) is 1.25. The third-order valence-corrected chi connectivity index (χ3v) is 3.93. The third kappa shape index (κ3) is 3.78. The SMILES string of the molecule is c1ccc(COC2CC(OC3CCOCC3)C2)cc1. The molecule has 3 nitrogen and oxygen atoms in total. The third-order valence-electron chi connectivity index (χ3n) is 3.93. The first kappa shape index (κ1) is 13.1. The molecule has 1 heterocycles. The Hall–Kier alpha value is -0.900. The molecule has 0 N–H and O–H groups in total. The molecule has 2 fully saturated rings. The average Bonchev–Trinajstić information content (AvgIpc) is 2.43. The van der Waals surface area contributed by atoms with E-state index < -0.39 is 0 Å². The highest BCUT2D eigenvalue weighted by Crippen LogP contribution is 2.29. The smallest absolute Gasteiger partial charge is 0.0720 e. The van der Waals surface area contributed by atoms with Crippen molar-refractivity contribution >= 4 is 0 Å². The van der Waals surface area contributed by atoms with Crippen LogP contribution < -0.4 is 0 Å². The molecule has 3 heteroatoms. The van der Waals surface area contributed by atoms with Crippen molar-refractivity contribution in [2.45, 2.75) is 50.6 Å². The van der Waals surface area contributed by atoms with Gasteiger partial charge in [0.05, 0.1) is 24.9 Å². The zero-order chi connectivity index (χ0) is 12.9. The van der Waals surface area contributed by atoms with Crippen LogP contribution in [0.2, 0.25) is 0 Å². The van der Waals surface area contributed by atoms with Crippen LogP contribution in [0.25, 0.3) is 0 Å². The van der Waals surface area contributed by atoms with Crippen LogP contribution in [0.1, 0.15) is 31.2 Å². The molecule has 2 aliphatic rings. The molecule has 0 bridgehead atoms. The fourth-order valence-corrected chi connectivity index (χ4v) is 2.64. The Morgan fingerprint density at radius 2 is 1.68 bits per heavy atom. The van der Waals surface area contributed by atoms with Gasteiger partial charge in [0.1, 0.15) is 0 Å². The lowest BCUT2D eigenvalue weighted by atomic mass is 9.91. The van der Waals surface area contributed by atoms with E-state index in [1.165, 1.54) is 5.56 Å². The maximum atomic E-state index is 6.05. The largest absolute Gasteiger partial charge is 0.381 e. The first-order valence-corrected chi connectivity index (χ1v) is 7.29. The molecule has 3 rings (SSSR count). The van der Waals surface area contributed by atoms with Gasteiger partial charge in [-0.1, -0.05) is 30.3 Å². The number of hydrogen-bond acceptors (Lipinski definition) is 3. The van der Waals surface area contributed by atoms with Gasteiger partial charge in [0.2, 0.25) is 0 Å². The van der Waals surface area contributed by atoms with Gasteiger partial charge in [-0.2, -0.15) is 0 Å². The van der Waals surface area contributed by atoms with Gasteiger partial charge in [-0.05, 0) is 31.2 Å². The second kappa shape index (κ2) is 6.51. The van der Waals surface area contributed by atoms with E-state index in [0.29, 0.717) is 18.3 Å². The fraction of sp³-hybridized carbons (Fsp3) is 0.625. The van der Waals surface area contributed by atoms with Crippen LogP contribution in [0, 0.1) is 0 Å². The van der Waals surface area contributed by atoms with Crippen LogP contribution in [0.4, 0.5) is 0 Å². The minimum atomic E-state index is 0.380. The minimum Gasteiger partial charge on any atom is -0.381 e. The van der Waals surface area contributed by atoms with E-state index in [2.05, 4.69) is 24.3 Å². The summed E-state index contributed by atoms with van der Waals surface area (Å²) in [5, 5.41) is 0. The predicted molar refractivity (Wildman–Crippen MR) is 73.0 cm³/mol. The van der Waals surface area contributed by atoms with Crippen LogP contribution in [0.5, 0.6) is 0 Å². The molecule has 0 radical (unpaired) electrons. The van der Waals surface area contributed by atoms with E-state index in [-0.39, 0.29) is 0 Å². The zero-order valence-corrected chi connectivity index (χ0v) is 11.3. The molecule has 0 atom stereocenters. The molecule has 1 saturated carbocycles. The maximum Gasteiger partial charge on any atom is 0.0720 e. The average molecular weight is 262 g/mol. The molecule has 1 aliphatic carbocycles. The molecule has 0 unspecified atom stereocenters. The lowest BCUT2D eigenvalue weighted by Crippen LogP contribution is -2.40. The Kier molecular flexibility index (Phi) is 4.49. The lowest BCUT2D eigenvalue weighted by Gasteiger charge is -2.38. The molecule has 19 heavy (non-hydrogen) atoms. The topological polar surface area (TPSA) is 27.7 Å². The molecule has 1 aromatic rings. The summed E-state index contributed by atoms with van der Waals surface area (Å²) in [4.78, 5) is 0. The van der Waals surface area contributed by atoms with Crippen molar-refractivity contribution in [1.82, 2.24) is 0 Å². The van der Waals surface area contributed by atoms with Crippen molar-refractivity contribution in [3.63, 3.8) is 0 Å². The standard InChI is InChI=1S/C16H22O3/c1-2-4-13(5-3-1)12-18-15-10-16(11-15)19-14-6-8-17-9-7-14/h1-5,14-16H,6-12H2. The first-order chi connectivity index (χ1) is 9.40. The normalized spacial score (nSPS) is 28.0. The van der Waals surface area contributed by atoms with E-state index in [4.69, 9.17) is 14.2 Å². The van der Waals surface area contributed by atoms with E-state index in [0.717, 1.165) is 45.5 Å². The number of ether oxygens (including phenoxy) is 3. The summed E-state index contributed by atoms with van der Waals surface area (Å²) in [7, 11) is 0. The summed E-state index contributed by atoms with van der Waals surface area (Å²) < 4.78 is 17.3. The van der Waals surface area contributed by atoms with Crippen LogP contribution in [0.3, 0.4) is 0 Å². The van der Waals surface area contributed by atoms with Gasteiger partial charge in [-0.25, -0.2) is 0 Å². The van der Waals surface area contributed by atoms with Gasteiger partial charge < -0.3 is 14.2 Å². The Morgan fingerprint density at radius 3 is 2.42 bits per heavy atom. The van der Waals surface area contributed by atoms with Crippen molar-refractivity contribution in [2.75, 3.05) is 13.2 Å². The van der Waals surface area contributed by atoms with E-state index in [1.807, 2.05) is 6.07 Å². The van der Waals surface area contributed by atoms with Crippen molar-refractivity contribution in [3.8, 4) is 0 Å². The lowest BCUT2D eigenvalue weighted by molar-refractivity contribution is -0.146. The summed E-state index contributed by atoms with van der Waals surface area (Å²) >= 11 is 0. The monoisotopic (exact) mass is 262 g/mol. The highest BCUT2D eigenvalue weighted by molar-refractivity contribution is 5.13. The van der Waals surface area contributed by atoms with Crippen LogP contribution in [-0.4, -0.2) is 31.5 Å². The first-order valence-electron chi connectivity index (χ1n) is 7.29. The Bertz CT molecular complexity index is 367. The van der Waals surface area contributed by atoms with Gasteiger partial charge in [0, 0.05) is 13.2 Å². The second-order valence-corrected chi connectivity index (χ2v) is 5.46. The Morgan fingerprint density at radius 1 is 0.947 bits per heavy atom. The number of hydrogen-bond donors (Lipinski definition) is 0. The quantitative estimate of drug-likeness (QED) is 0.816. The highest BCUT2D eigenvalue weighted by Gasteiger charge is 2.32. The van der Waals surface area contributed by atoms with Crippen LogP contribution >= 0.6 is 0 Å². The molecule has 104 valence electrons. The minimum absolute atomic E-state index is 0.380. The predicted octanol–water partition coefficient (Wildman–Crippen LogP) is 2.93. The molecule has 0 amide bonds. The van der Waals surface area contributed by atoms with Gasteiger partial charge in [-0.3, -0.25) is 0 Å². The van der Waals surface area contributed by atoms with Gasteiger partial charge in [-0.15, -0.1) is 0 Å². The molecular formula is C16H22O3. The second-order valence-electron chi connectivity index (χ2n) is 5.46.